The lowest BCUT2D eigenvalue weighted by Crippen LogP contribution is -2.06. The highest BCUT2D eigenvalue weighted by atomic mass is 79.9. The molecular formula is C13H8BrF3N4. The number of hydrogen-bond donors (Lipinski definition) is 1. The predicted molar refractivity (Wildman–Crippen MR) is 76.0 cm³/mol. The molecule has 0 saturated heterocycles. The highest BCUT2D eigenvalue weighted by Gasteiger charge is 2.30. The molecule has 4 nitrogen and oxygen atoms in total. The number of nitrogens with zero attached hydrogens (tertiary/aromatic N) is 3. The topological polar surface area (TPSA) is 56.7 Å². The Bertz CT molecular complexity index is 809. The molecule has 1 aromatic carbocycles. The molecule has 0 bridgehead atoms. The van der Waals surface area contributed by atoms with E-state index in [1.165, 1.54) is 16.7 Å². The SMILES string of the molecule is Nc1nc2cc(Br)cnc2n1-c1ccc(C(F)(F)F)cc1. The van der Waals surface area contributed by atoms with Crippen LogP contribution in [0.5, 0.6) is 0 Å². The van der Waals surface area contributed by atoms with Crippen LogP contribution in [-0.2, 0) is 6.18 Å². The molecule has 0 saturated carbocycles. The first-order chi connectivity index (χ1) is 9.86. The minimum absolute atomic E-state index is 0.162. The van der Waals surface area contributed by atoms with Gasteiger partial charge in [0.15, 0.2) is 5.65 Å². The number of alkyl halides is 3. The zero-order valence-electron chi connectivity index (χ0n) is 10.4. The van der Waals surface area contributed by atoms with E-state index in [0.29, 0.717) is 16.9 Å². The van der Waals surface area contributed by atoms with Crippen LogP contribution in [0.4, 0.5) is 19.1 Å². The molecule has 21 heavy (non-hydrogen) atoms. The normalized spacial score (nSPS) is 12.0. The Morgan fingerprint density at radius 1 is 1.14 bits per heavy atom. The van der Waals surface area contributed by atoms with Gasteiger partial charge >= 0.3 is 6.18 Å². The van der Waals surface area contributed by atoms with Crippen molar-refractivity contribution in [1.29, 1.82) is 0 Å². The van der Waals surface area contributed by atoms with E-state index in [-0.39, 0.29) is 5.95 Å². The molecule has 0 amide bonds. The molecule has 108 valence electrons. The maximum absolute atomic E-state index is 12.6. The zero-order chi connectivity index (χ0) is 15.2. The van der Waals surface area contributed by atoms with Crippen molar-refractivity contribution in [2.75, 3.05) is 5.73 Å². The first-order valence-electron chi connectivity index (χ1n) is 5.83. The van der Waals surface area contributed by atoms with Gasteiger partial charge in [0.05, 0.1) is 11.3 Å². The Morgan fingerprint density at radius 3 is 2.43 bits per heavy atom. The van der Waals surface area contributed by atoms with Crippen LogP contribution in [0, 0.1) is 0 Å². The second kappa shape index (κ2) is 4.73. The molecule has 0 radical (unpaired) electrons. The number of anilines is 1. The number of imidazole rings is 1. The average Bonchev–Trinajstić information content (AvgIpc) is 2.73. The quantitative estimate of drug-likeness (QED) is 0.721. The van der Waals surface area contributed by atoms with Gasteiger partial charge < -0.3 is 5.73 Å². The van der Waals surface area contributed by atoms with E-state index in [4.69, 9.17) is 5.73 Å². The molecule has 0 fully saturated rings. The number of benzene rings is 1. The summed E-state index contributed by atoms with van der Waals surface area (Å²) in [6, 6.07) is 6.41. The standard InChI is InChI=1S/C13H8BrF3N4/c14-8-5-10-11(19-6-8)21(12(18)20-10)9-3-1-7(2-4-9)13(15,16)17/h1-6H,(H2,18,20). The van der Waals surface area contributed by atoms with Crippen LogP contribution in [0.25, 0.3) is 16.9 Å². The van der Waals surface area contributed by atoms with Gasteiger partial charge in [-0.15, -0.1) is 0 Å². The molecule has 2 heterocycles. The number of aromatic nitrogens is 3. The van der Waals surface area contributed by atoms with E-state index in [1.807, 2.05) is 0 Å². The maximum atomic E-state index is 12.6. The molecule has 8 heteroatoms. The molecule has 2 N–H and O–H groups in total. The van der Waals surface area contributed by atoms with Gasteiger partial charge in [0.1, 0.15) is 5.52 Å². The molecule has 0 atom stereocenters. The molecule has 3 aromatic rings. The lowest BCUT2D eigenvalue weighted by Gasteiger charge is -2.09. The fourth-order valence-corrected chi connectivity index (χ4v) is 2.33. The van der Waals surface area contributed by atoms with Gasteiger partial charge in [0.2, 0.25) is 5.95 Å². The number of fused-ring (bicyclic) bond motifs is 1. The first kappa shape index (κ1) is 13.9. The van der Waals surface area contributed by atoms with E-state index in [0.717, 1.165) is 16.6 Å². The smallest absolute Gasteiger partial charge is 0.369 e. The predicted octanol–water partition coefficient (Wildman–Crippen LogP) is 3.78. The molecule has 0 unspecified atom stereocenters. The monoisotopic (exact) mass is 356 g/mol. The number of pyridine rings is 1. The summed E-state index contributed by atoms with van der Waals surface area (Å²) < 4.78 is 40.0. The summed E-state index contributed by atoms with van der Waals surface area (Å²) in [6.45, 7) is 0. The van der Waals surface area contributed by atoms with Gasteiger partial charge in [-0.25, -0.2) is 9.97 Å². The summed E-state index contributed by atoms with van der Waals surface area (Å²) in [5.41, 5.74) is 6.63. The van der Waals surface area contributed by atoms with Crippen LogP contribution in [0.2, 0.25) is 0 Å². The van der Waals surface area contributed by atoms with Crippen molar-refractivity contribution < 1.29 is 13.2 Å². The fourth-order valence-electron chi connectivity index (χ4n) is 2.01. The molecule has 0 aliphatic carbocycles. The summed E-state index contributed by atoms with van der Waals surface area (Å²) >= 11 is 3.28. The van der Waals surface area contributed by atoms with Gasteiger partial charge in [-0.1, -0.05) is 0 Å². The minimum atomic E-state index is -4.37. The van der Waals surface area contributed by atoms with E-state index in [9.17, 15) is 13.2 Å². The zero-order valence-corrected chi connectivity index (χ0v) is 12.0. The Kier molecular flexibility index (Phi) is 3.12. The fraction of sp³-hybridized carbons (Fsp3) is 0.0769. The summed E-state index contributed by atoms with van der Waals surface area (Å²) in [5.74, 6) is 0.162. The molecule has 2 aromatic heterocycles. The summed E-state index contributed by atoms with van der Waals surface area (Å²) in [5, 5.41) is 0. The molecular weight excluding hydrogens is 349 g/mol. The van der Waals surface area contributed by atoms with Crippen molar-refractivity contribution in [2.24, 2.45) is 0 Å². The van der Waals surface area contributed by atoms with E-state index >= 15 is 0 Å². The molecule has 0 spiro atoms. The van der Waals surface area contributed by atoms with Crippen molar-refractivity contribution in [2.45, 2.75) is 6.18 Å². The van der Waals surface area contributed by atoms with E-state index < -0.39 is 11.7 Å². The van der Waals surface area contributed by atoms with Crippen LogP contribution < -0.4 is 5.73 Å². The van der Waals surface area contributed by atoms with Gasteiger partial charge in [0.25, 0.3) is 0 Å². The van der Waals surface area contributed by atoms with Crippen molar-refractivity contribution in [3.05, 3.63) is 46.6 Å². The Labute approximate surface area is 125 Å². The molecule has 0 aliphatic heterocycles. The second-order valence-corrected chi connectivity index (χ2v) is 5.26. The third-order valence-electron chi connectivity index (χ3n) is 2.94. The highest BCUT2D eigenvalue weighted by Crippen LogP contribution is 2.30. The summed E-state index contributed by atoms with van der Waals surface area (Å²) in [6.07, 6.45) is -2.80. The first-order valence-corrected chi connectivity index (χ1v) is 6.62. The lowest BCUT2D eigenvalue weighted by atomic mass is 10.2. The Hall–Kier alpha value is -2.09. The third-order valence-corrected chi connectivity index (χ3v) is 3.38. The van der Waals surface area contributed by atoms with Crippen LogP contribution in [0.1, 0.15) is 5.56 Å². The van der Waals surface area contributed by atoms with Gasteiger partial charge in [-0.3, -0.25) is 4.57 Å². The molecule has 3 rings (SSSR count). The van der Waals surface area contributed by atoms with Crippen molar-refractivity contribution in [1.82, 2.24) is 14.5 Å². The number of halogens is 4. The van der Waals surface area contributed by atoms with Crippen molar-refractivity contribution in [3.63, 3.8) is 0 Å². The van der Waals surface area contributed by atoms with Gasteiger partial charge in [-0.2, -0.15) is 13.2 Å². The van der Waals surface area contributed by atoms with Crippen LogP contribution >= 0.6 is 15.9 Å². The summed E-state index contributed by atoms with van der Waals surface area (Å²) in [4.78, 5) is 8.35. The lowest BCUT2D eigenvalue weighted by molar-refractivity contribution is -0.137. The van der Waals surface area contributed by atoms with Crippen molar-refractivity contribution >= 4 is 33.0 Å². The second-order valence-electron chi connectivity index (χ2n) is 4.35. The third kappa shape index (κ3) is 2.46. The number of rotatable bonds is 1. The number of nitrogens with two attached hydrogens (primary N) is 1. The highest BCUT2D eigenvalue weighted by molar-refractivity contribution is 9.10. The number of nitrogen functional groups attached to an aromatic ring is 1. The number of hydrogen-bond acceptors (Lipinski definition) is 3. The minimum Gasteiger partial charge on any atom is -0.369 e. The van der Waals surface area contributed by atoms with Crippen LogP contribution in [0.3, 0.4) is 0 Å². The average molecular weight is 357 g/mol. The van der Waals surface area contributed by atoms with Crippen molar-refractivity contribution in [3.8, 4) is 5.69 Å². The van der Waals surface area contributed by atoms with E-state index in [2.05, 4.69) is 25.9 Å². The Morgan fingerprint density at radius 2 is 1.81 bits per heavy atom. The largest absolute Gasteiger partial charge is 0.416 e. The van der Waals surface area contributed by atoms with Crippen LogP contribution in [0.15, 0.2) is 41.0 Å². The maximum Gasteiger partial charge on any atom is 0.416 e. The Balaban J connectivity index is 2.14. The summed E-state index contributed by atoms with van der Waals surface area (Å²) in [7, 11) is 0. The van der Waals surface area contributed by atoms with Gasteiger partial charge in [0, 0.05) is 10.7 Å². The van der Waals surface area contributed by atoms with Gasteiger partial charge in [-0.05, 0) is 46.3 Å². The van der Waals surface area contributed by atoms with E-state index in [1.54, 1.807) is 12.3 Å². The van der Waals surface area contributed by atoms with Crippen LogP contribution in [-0.4, -0.2) is 14.5 Å². The molecule has 0 aliphatic rings.